The fourth-order valence-corrected chi connectivity index (χ4v) is 2.49. The summed E-state index contributed by atoms with van der Waals surface area (Å²) in [5.74, 6) is 1.09. The minimum atomic E-state index is 0.447. The highest BCUT2D eigenvalue weighted by Crippen LogP contribution is 2.42. The molecule has 0 atom stereocenters. The first-order chi connectivity index (χ1) is 8.10. The summed E-state index contributed by atoms with van der Waals surface area (Å²) in [6, 6.07) is 1.67. The molecule has 0 amide bonds. The lowest BCUT2D eigenvalue weighted by molar-refractivity contribution is 0.410. The molecule has 17 heavy (non-hydrogen) atoms. The van der Waals surface area contributed by atoms with E-state index in [0.29, 0.717) is 32.4 Å². The highest BCUT2D eigenvalue weighted by molar-refractivity contribution is 14.1. The molecule has 1 aromatic carbocycles. The molecule has 1 heterocycles. The van der Waals surface area contributed by atoms with E-state index in [2.05, 4.69) is 27.6 Å². The fraction of sp³-hybridized carbons (Fsp3) is 0.182. The third-order valence-corrected chi connectivity index (χ3v) is 4.14. The number of benzene rings is 1. The van der Waals surface area contributed by atoms with E-state index in [1.807, 2.05) is 0 Å². The fourth-order valence-electron chi connectivity index (χ4n) is 1.58. The first kappa shape index (κ1) is 13.0. The van der Waals surface area contributed by atoms with Crippen molar-refractivity contribution in [3.8, 4) is 11.5 Å². The van der Waals surface area contributed by atoms with Crippen molar-refractivity contribution >= 4 is 56.7 Å². The second kappa shape index (κ2) is 5.04. The third-order valence-electron chi connectivity index (χ3n) is 2.33. The minimum Gasteiger partial charge on any atom is -0.494 e. The molecule has 3 nitrogen and oxygen atoms in total. The van der Waals surface area contributed by atoms with Crippen molar-refractivity contribution in [3.63, 3.8) is 0 Å². The van der Waals surface area contributed by atoms with Gasteiger partial charge in [0.25, 0.3) is 0 Å². The van der Waals surface area contributed by atoms with Gasteiger partial charge in [0.2, 0.25) is 0 Å². The number of aromatic nitrogens is 1. The maximum absolute atomic E-state index is 6.27. The van der Waals surface area contributed by atoms with Crippen LogP contribution in [0.1, 0.15) is 0 Å². The van der Waals surface area contributed by atoms with Crippen molar-refractivity contribution in [1.82, 2.24) is 4.98 Å². The Morgan fingerprint density at radius 2 is 1.94 bits per heavy atom. The van der Waals surface area contributed by atoms with Gasteiger partial charge in [0.05, 0.1) is 33.2 Å². The summed E-state index contributed by atoms with van der Waals surface area (Å²) in [5.41, 5.74) is 0.638. The van der Waals surface area contributed by atoms with Crippen LogP contribution in [-0.4, -0.2) is 19.2 Å². The molecule has 0 unspecified atom stereocenters. The smallest absolute Gasteiger partial charge is 0.148 e. The number of methoxy groups -OCH3 is 2. The van der Waals surface area contributed by atoms with Crippen molar-refractivity contribution in [2.75, 3.05) is 14.2 Å². The Hall–Kier alpha value is -0.460. The van der Waals surface area contributed by atoms with Crippen LogP contribution in [0.25, 0.3) is 10.9 Å². The Labute approximate surface area is 122 Å². The van der Waals surface area contributed by atoms with Gasteiger partial charge in [-0.3, -0.25) is 4.98 Å². The number of fused-ring (bicyclic) bond motifs is 1. The maximum Gasteiger partial charge on any atom is 0.148 e. The van der Waals surface area contributed by atoms with Gasteiger partial charge < -0.3 is 9.47 Å². The normalized spacial score (nSPS) is 10.6. The van der Waals surface area contributed by atoms with Crippen molar-refractivity contribution in [3.05, 3.63) is 25.9 Å². The summed E-state index contributed by atoms with van der Waals surface area (Å²) in [5, 5.41) is 1.68. The topological polar surface area (TPSA) is 31.4 Å². The molecule has 0 N–H and O–H groups in total. The quantitative estimate of drug-likeness (QED) is 0.729. The lowest BCUT2D eigenvalue weighted by atomic mass is 10.2. The van der Waals surface area contributed by atoms with Crippen molar-refractivity contribution < 1.29 is 9.47 Å². The molecule has 1 aromatic heterocycles. The van der Waals surface area contributed by atoms with Crippen molar-refractivity contribution in [1.29, 1.82) is 0 Å². The first-order valence-electron chi connectivity index (χ1n) is 4.64. The Balaban J connectivity index is 2.98. The van der Waals surface area contributed by atoms with Gasteiger partial charge in [0, 0.05) is 12.3 Å². The van der Waals surface area contributed by atoms with E-state index in [-0.39, 0.29) is 0 Å². The van der Waals surface area contributed by atoms with Gasteiger partial charge in [-0.05, 0) is 22.6 Å². The molecule has 0 saturated heterocycles. The second-order valence-corrected chi connectivity index (χ2v) is 5.18. The van der Waals surface area contributed by atoms with Gasteiger partial charge >= 0.3 is 0 Å². The van der Waals surface area contributed by atoms with E-state index in [4.69, 9.17) is 32.7 Å². The molecule has 90 valence electrons. The van der Waals surface area contributed by atoms with Crippen LogP contribution in [0.3, 0.4) is 0 Å². The second-order valence-electron chi connectivity index (χ2n) is 3.24. The molecule has 0 aliphatic carbocycles. The molecule has 2 aromatic rings. The van der Waals surface area contributed by atoms with Gasteiger partial charge in [-0.25, -0.2) is 0 Å². The highest BCUT2D eigenvalue weighted by Gasteiger charge is 2.17. The monoisotopic (exact) mass is 383 g/mol. The molecular weight excluding hydrogens is 376 g/mol. The lowest BCUT2D eigenvalue weighted by Gasteiger charge is -2.12. The summed E-state index contributed by atoms with van der Waals surface area (Å²) in [7, 11) is 3.11. The Kier molecular flexibility index (Phi) is 3.85. The Morgan fingerprint density at radius 1 is 1.24 bits per heavy atom. The van der Waals surface area contributed by atoms with Crippen LogP contribution in [-0.2, 0) is 0 Å². The molecule has 2 rings (SSSR count). The van der Waals surface area contributed by atoms with Gasteiger partial charge in [0.15, 0.2) is 0 Å². The van der Waals surface area contributed by atoms with E-state index >= 15 is 0 Å². The van der Waals surface area contributed by atoms with Crippen LogP contribution in [0, 0.1) is 3.57 Å². The van der Waals surface area contributed by atoms with E-state index in [1.165, 1.54) is 0 Å². The number of nitrogens with zero attached hydrogens (tertiary/aromatic N) is 1. The molecule has 0 aliphatic rings. The van der Waals surface area contributed by atoms with E-state index in [9.17, 15) is 0 Å². The van der Waals surface area contributed by atoms with Crippen LogP contribution >= 0.6 is 45.8 Å². The predicted molar refractivity (Wildman–Crippen MR) is 77.6 cm³/mol. The summed E-state index contributed by atoms with van der Waals surface area (Å²) in [6.45, 7) is 0. The molecule has 0 bridgehead atoms. The summed E-state index contributed by atoms with van der Waals surface area (Å²) >= 11 is 14.5. The van der Waals surface area contributed by atoms with Gasteiger partial charge in [0.1, 0.15) is 17.0 Å². The van der Waals surface area contributed by atoms with Crippen LogP contribution in [0.2, 0.25) is 10.0 Å². The van der Waals surface area contributed by atoms with Crippen LogP contribution in [0.5, 0.6) is 11.5 Å². The predicted octanol–water partition coefficient (Wildman–Crippen LogP) is 4.16. The lowest BCUT2D eigenvalue weighted by Crippen LogP contribution is -1.94. The van der Waals surface area contributed by atoms with Crippen LogP contribution in [0.4, 0.5) is 0 Å². The number of hydrogen-bond acceptors (Lipinski definition) is 3. The number of hydrogen-bond donors (Lipinski definition) is 0. The van der Waals surface area contributed by atoms with Crippen molar-refractivity contribution in [2.45, 2.75) is 0 Å². The molecule has 0 radical (unpaired) electrons. The SMILES string of the molecule is COc1cc(Cl)c(OC)c2c(Cl)c(I)cnc12. The standard InChI is InChI=1S/C11H8Cl2INO2/c1-16-7-3-5(12)11(17-2)8-9(13)6(14)4-15-10(7)8/h3-4H,1-2H3. The molecule has 0 aliphatic heterocycles. The third kappa shape index (κ3) is 2.13. The molecule has 0 spiro atoms. The van der Waals surface area contributed by atoms with E-state index in [0.717, 1.165) is 3.57 Å². The molecule has 0 fully saturated rings. The zero-order chi connectivity index (χ0) is 12.6. The zero-order valence-electron chi connectivity index (χ0n) is 9.05. The van der Waals surface area contributed by atoms with Crippen LogP contribution in [0.15, 0.2) is 12.3 Å². The van der Waals surface area contributed by atoms with Gasteiger partial charge in [-0.2, -0.15) is 0 Å². The summed E-state index contributed by atoms with van der Waals surface area (Å²) in [6.07, 6.45) is 1.68. The number of rotatable bonds is 2. The Morgan fingerprint density at radius 3 is 2.53 bits per heavy atom. The molecule has 0 saturated carbocycles. The van der Waals surface area contributed by atoms with Gasteiger partial charge in [-0.1, -0.05) is 23.2 Å². The largest absolute Gasteiger partial charge is 0.494 e. The average Bonchev–Trinajstić information content (AvgIpc) is 2.33. The summed E-state index contributed by atoms with van der Waals surface area (Å²) < 4.78 is 11.4. The Bertz CT molecular complexity index is 589. The van der Waals surface area contributed by atoms with Gasteiger partial charge in [-0.15, -0.1) is 0 Å². The van der Waals surface area contributed by atoms with Crippen LogP contribution < -0.4 is 9.47 Å². The first-order valence-corrected chi connectivity index (χ1v) is 6.47. The molecule has 6 heteroatoms. The average molecular weight is 384 g/mol. The minimum absolute atomic E-state index is 0.447. The zero-order valence-corrected chi connectivity index (χ0v) is 12.7. The van der Waals surface area contributed by atoms with Crippen molar-refractivity contribution in [2.24, 2.45) is 0 Å². The number of ether oxygens (including phenoxy) is 2. The molecular formula is C11H8Cl2INO2. The maximum atomic E-state index is 6.27. The number of halogens is 3. The highest BCUT2D eigenvalue weighted by atomic mass is 127. The number of pyridine rings is 1. The van der Waals surface area contributed by atoms with E-state index in [1.54, 1.807) is 26.5 Å². The van der Waals surface area contributed by atoms with E-state index < -0.39 is 0 Å². The summed E-state index contributed by atoms with van der Waals surface area (Å²) in [4.78, 5) is 4.31.